The highest BCUT2D eigenvalue weighted by molar-refractivity contribution is 7.98. The zero-order chi connectivity index (χ0) is 20.1. The molecule has 0 spiro atoms. The van der Waals surface area contributed by atoms with Crippen molar-refractivity contribution in [2.75, 3.05) is 0 Å². The molecule has 0 amide bonds. The van der Waals surface area contributed by atoms with Crippen molar-refractivity contribution in [3.63, 3.8) is 0 Å². The molecule has 0 saturated carbocycles. The van der Waals surface area contributed by atoms with Crippen LogP contribution in [0.1, 0.15) is 24.0 Å². The molecule has 148 valence electrons. The summed E-state index contributed by atoms with van der Waals surface area (Å²) >= 11 is 3.33. The summed E-state index contributed by atoms with van der Waals surface area (Å²) in [7, 11) is 0. The van der Waals surface area contributed by atoms with E-state index < -0.39 is 0 Å². The van der Waals surface area contributed by atoms with Crippen molar-refractivity contribution in [1.82, 2.24) is 19.7 Å². The minimum absolute atomic E-state index is 0.404. The van der Waals surface area contributed by atoms with E-state index in [1.807, 2.05) is 49.4 Å². The number of thiazole rings is 1. The van der Waals surface area contributed by atoms with Crippen LogP contribution < -0.4 is 4.74 Å². The summed E-state index contributed by atoms with van der Waals surface area (Å²) in [6.45, 7) is 5.34. The molecule has 0 saturated heterocycles. The van der Waals surface area contributed by atoms with Crippen molar-refractivity contribution in [3.8, 4) is 16.3 Å². The van der Waals surface area contributed by atoms with Gasteiger partial charge >= 0.3 is 0 Å². The Balaban J connectivity index is 1.41. The van der Waals surface area contributed by atoms with E-state index >= 15 is 0 Å². The van der Waals surface area contributed by atoms with Crippen LogP contribution in [0.3, 0.4) is 0 Å². The van der Waals surface area contributed by atoms with E-state index in [1.165, 1.54) is 0 Å². The summed E-state index contributed by atoms with van der Waals surface area (Å²) in [6, 6.07) is 18.3. The Bertz CT molecular complexity index is 1080. The first-order valence-electron chi connectivity index (χ1n) is 9.47. The zero-order valence-electron chi connectivity index (χ0n) is 16.4. The molecule has 2 heterocycles. The standard InChI is InChI=1S/C22H22N4OS2/c1-3-26-20(13-27-19-12-8-7-9-16(19)2)24-25-22(26)29-15-18-14-28-21(23-18)17-10-5-4-6-11-17/h4-12,14H,3,13,15H2,1-2H3. The highest BCUT2D eigenvalue weighted by Crippen LogP contribution is 2.28. The minimum atomic E-state index is 0.404. The molecule has 2 aromatic heterocycles. The predicted octanol–water partition coefficient (Wildman–Crippen LogP) is 5.60. The number of aromatic nitrogens is 4. The fourth-order valence-electron chi connectivity index (χ4n) is 2.94. The van der Waals surface area contributed by atoms with Crippen molar-refractivity contribution in [1.29, 1.82) is 0 Å². The lowest BCUT2D eigenvalue weighted by molar-refractivity contribution is 0.286. The first kappa shape index (κ1) is 19.7. The molecule has 0 unspecified atom stereocenters. The molecule has 4 rings (SSSR count). The third kappa shape index (κ3) is 4.68. The van der Waals surface area contributed by atoms with Gasteiger partial charge in [0.05, 0.1) is 5.69 Å². The summed E-state index contributed by atoms with van der Waals surface area (Å²) in [6.07, 6.45) is 0. The van der Waals surface area contributed by atoms with Crippen LogP contribution in [-0.2, 0) is 18.9 Å². The van der Waals surface area contributed by atoms with Gasteiger partial charge in [0, 0.05) is 23.2 Å². The maximum Gasteiger partial charge on any atom is 0.191 e. The van der Waals surface area contributed by atoms with Gasteiger partial charge in [0.15, 0.2) is 11.0 Å². The van der Waals surface area contributed by atoms with E-state index in [2.05, 4.69) is 39.2 Å². The Morgan fingerprint density at radius 3 is 2.62 bits per heavy atom. The second kappa shape index (κ2) is 9.24. The molecule has 0 aliphatic carbocycles. The first-order chi connectivity index (χ1) is 14.2. The summed E-state index contributed by atoms with van der Waals surface area (Å²) in [5.74, 6) is 2.48. The van der Waals surface area contributed by atoms with E-state index in [-0.39, 0.29) is 0 Å². The third-order valence-electron chi connectivity index (χ3n) is 4.48. The second-order valence-electron chi connectivity index (χ2n) is 6.50. The second-order valence-corrected chi connectivity index (χ2v) is 8.30. The number of hydrogen-bond acceptors (Lipinski definition) is 6. The van der Waals surface area contributed by atoms with Gasteiger partial charge in [0.1, 0.15) is 17.4 Å². The lowest BCUT2D eigenvalue weighted by Gasteiger charge is -2.10. The molecule has 5 nitrogen and oxygen atoms in total. The molecule has 0 N–H and O–H groups in total. The van der Waals surface area contributed by atoms with Crippen LogP contribution in [0, 0.1) is 6.92 Å². The van der Waals surface area contributed by atoms with Crippen molar-refractivity contribution in [2.24, 2.45) is 0 Å². The highest BCUT2D eigenvalue weighted by atomic mass is 32.2. The van der Waals surface area contributed by atoms with Crippen molar-refractivity contribution >= 4 is 23.1 Å². The summed E-state index contributed by atoms with van der Waals surface area (Å²) < 4.78 is 8.06. The smallest absolute Gasteiger partial charge is 0.191 e. The van der Waals surface area contributed by atoms with E-state index in [0.29, 0.717) is 6.61 Å². The summed E-state index contributed by atoms with van der Waals surface area (Å²) in [5, 5.41) is 12.8. The fraction of sp³-hybridized carbons (Fsp3) is 0.227. The fourth-order valence-corrected chi connectivity index (χ4v) is 4.78. The van der Waals surface area contributed by atoms with Gasteiger partial charge in [-0.3, -0.25) is 0 Å². The molecule has 0 fully saturated rings. The lowest BCUT2D eigenvalue weighted by Crippen LogP contribution is -2.07. The lowest BCUT2D eigenvalue weighted by atomic mass is 10.2. The van der Waals surface area contributed by atoms with Gasteiger partial charge in [-0.05, 0) is 25.5 Å². The van der Waals surface area contributed by atoms with Crippen molar-refractivity contribution < 1.29 is 4.74 Å². The van der Waals surface area contributed by atoms with Gasteiger partial charge in [-0.2, -0.15) is 0 Å². The average molecular weight is 423 g/mol. The van der Waals surface area contributed by atoms with Gasteiger partial charge in [0.25, 0.3) is 0 Å². The number of thioether (sulfide) groups is 1. The molecule has 0 radical (unpaired) electrons. The number of rotatable bonds is 8. The normalized spacial score (nSPS) is 11.0. The van der Waals surface area contributed by atoms with Crippen LogP contribution in [0.4, 0.5) is 0 Å². The SMILES string of the molecule is CCn1c(COc2ccccc2C)nnc1SCc1csc(-c2ccccc2)n1. The van der Waals surface area contributed by atoms with Gasteiger partial charge in [0.2, 0.25) is 0 Å². The van der Waals surface area contributed by atoms with Crippen LogP contribution in [0.5, 0.6) is 5.75 Å². The summed E-state index contributed by atoms with van der Waals surface area (Å²) in [4.78, 5) is 4.76. The first-order valence-corrected chi connectivity index (χ1v) is 11.3. The van der Waals surface area contributed by atoms with E-state index in [4.69, 9.17) is 9.72 Å². The largest absolute Gasteiger partial charge is 0.485 e. The molecule has 0 bridgehead atoms. The van der Waals surface area contributed by atoms with Crippen LogP contribution in [0.2, 0.25) is 0 Å². The number of ether oxygens (including phenoxy) is 1. The number of hydrogen-bond donors (Lipinski definition) is 0. The Kier molecular flexibility index (Phi) is 6.27. The van der Waals surface area contributed by atoms with Crippen LogP contribution in [0.15, 0.2) is 65.1 Å². The molecule has 4 aromatic rings. The predicted molar refractivity (Wildman–Crippen MR) is 118 cm³/mol. The van der Waals surface area contributed by atoms with Crippen LogP contribution in [0.25, 0.3) is 10.6 Å². The van der Waals surface area contributed by atoms with Gasteiger partial charge in [-0.25, -0.2) is 4.98 Å². The topological polar surface area (TPSA) is 52.8 Å². The molecule has 0 aliphatic heterocycles. The van der Waals surface area contributed by atoms with E-state index in [1.54, 1.807) is 23.1 Å². The average Bonchev–Trinajstić information content (AvgIpc) is 3.39. The Morgan fingerprint density at radius 1 is 1.03 bits per heavy atom. The third-order valence-corrected chi connectivity index (χ3v) is 6.42. The number of nitrogens with zero attached hydrogens (tertiary/aromatic N) is 4. The number of para-hydroxylation sites is 1. The maximum atomic E-state index is 5.95. The number of aryl methyl sites for hydroxylation is 1. The molecule has 7 heteroatoms. The molecule has 29 heavy (non-hydrogen) atoms. The zero-order valence-corrected chi connectivity index (χ0v) is 18.0. The minimum Gasteiger partial charge on any atom is -0.485 e. The molecular formula is C22H22N4OS2. The molecule has 2 aromatic carbocycles. The van der Waals surface area contributed by atoms with E-state index in [9.17, 15) is 0 Å². The Morgan fingerprint density at radius 2 is 1.83 bits per heavy atom. The Labute approximate surface area is 178 Å². The van der Waals surface area contributed by atoms with Crippen molar-refractivity contribution in [3.05, 3.63) is 77.1 Å². The van der Waals surface area contributed by atoms with Crippen molar-refractivity contribution in [2.45, 2.75) is 37.9 Å². The Hall–Kier alpha value is -2.64. The highest BCUT2D eigenvalue weighted by Gasteiger charge is 2.13. The van der Waals surface area contributed by atoms with Gasteiger partial charge in [-0.15, -0.1) is 21.5 Å². The van der Waals surface area contributed by atoms with Gasteiger partial charge in [-0.1, -0.05) is 60.3 Å². The number of benzene rings is 2. The van der Waals surface area contributed by atoms with Gasteiger partial charge < -0.3 is 9.30 Å². The molecule has 0 atom stereocenters. The quantitative estimate of drug-likeness (QED) is 0.346. The maximum absolute atomic E-state index is 5.95. The summed E-state index contributed by atoms with van der Waals surface area (Å²) in [5.41, 5.74) is 3.32. The molecular weight excluding hydrogens is 400 g/mol. The molecule has 0 aliphatic rings. The van der Waals surface area contributed by atoms with E-state index in [0.717, 1.165) is 50.9 Å². The van der Waals surface area contributed by atoms with Crippen LogP contribution in [-0.4, -0.2) is 19.7 Å². The monoisotopic (exact) mass is 422 g/mol. The van der Waals surface area contributed by atoms with Crippen LogP contribution >= 0.6 is 23.1 Å².